The van der Waals surface area contributed by atoms with Gasteiger partial charge < -0.3 is 5.32 Å². The van der Waals surface area contributed by atoms with Crippen LogP contribution in [0.2, 0.25) is 0 Å². The molecule has 0 radical (unpaired) electrons. The third-order valence-electron chi connectivity index (χ3n) is 4.31. The van der Waals surface area contributed by atoms with E-state index in [0.717, 1.165) is 22.4 Å². The first-order valence-corrected chi connectivity index (χ1v) is 8.83. The minimum atomic E-state index is -0.0522. The average Bonchev–Trinajstić information content (AvgIpc) is 2.64. The summed E-state index contributed by atoms with van der Waals surface area (Å²) in [7, 11) is 0. The van der Waals surface area contributed by atoms with Gasteiger partial charge in [-0.15, -0.1) is 0 Å². The summed E-state index contributed by atoms with van der Waals surface area (Å²) in [5.41, 5.74) is 5.45. The minimum absolute atomic E-state index is 0.0277. The Morgan fingerprint density at radius 3 is 2.19 bits per heavy atom. The molecule has 3 rings (SSSR count). The molecule has 0 aliphatic heterocycles. The second-order valence-electron chi connectivity index (χ2n) is 6.55. The highest BCUT2D eigenvalue weighted by Gasteiger charge is 2.15. The summed E-state index contributed by atoms with van der Waals surface area (Å²) < 4.78 is 0. The lowest BCUT2D eigenvalue weighted by molar-refractivity contribution is -0.115. The molecule has 0 unspecified atom stereocenters. The number of carbonyl (C=O) groups is 1. The Kier molecular flexibility index (Phi) is 5.82. The lowest BCUT2D eigenvalue weighted by Crippen LogP contribution is -2.31. The van der Waals surface area contributed by atoms with Gasteiger partial charge in [0.2, 0.25) is 5.91 Å². The largest absolute Gasteiger partial charge is 0.325 e. The normalized spacial score (nSPS) is 11.8. The Morgan fingerprint density at radius 1 is 0.808 bits per heavy atom. The first-order chi connectivity index (χ1) is 12.6. The van der Waals surface area contributed by atoms with E-state index in [4.69, 9.17) is 0 Å². The fourth-order valence-corrected chi connectivity index (χ4v) is 2.96. The monoisotopic (exact) mass is 344 g/mol. The molecule has 0 heterocycles. The van der Waals surface area contributed by atoms with E-state index in [1.165, 1.54) is 5.56 Å². The van der Waals surface area contributed by atoms with Crippen molar-refractivity contribution < 1.29 is 4.79 Å². The van der Waals surface area contributed by atoms with E-state index in [-0.39, 0.29) is 18.5 Å². The van der Waals surface area contributed by atoms with Crippen LogP contribution in [0.1, 0.15) is 28.3 Å². The summed E-state index contributed by atoms with van der Waals surface area (Å²) in [6.07, 6.45) is 0. The van der Waals surface area contributed by atoms with Crippen LogP contribution < -0.4 is 10.6 Å². The molecule has 0 aromatic heterocycles. The molecular formula is C23H24N2O. The molecule has 3 heteroatoms. The number of carbonyl (C=O) groups excluding carboxylic acids is 1. The summed E-state index contributed by atoms with van der Waals surface area (Å²) in [6, 6.07) is 26.4. The van der Waals surface area contributed by atoms with Gasteiger partial charge in [0.25, 0.3) is 0 Å². The predicted octanol–water partition coefficient (Wildman–Crippen LogP) is 4.62. The summed E-state index contributed by atoms with van der Waals surface area (Å²) >= 11 is 0. The van der Waals surface area contributed by atoms with Gasteiger partial charge in [-0.1, -0.05) is 72.3 Å². The Labute approximate surface area is 155 Å². The van der Waals surface area contributed by atoms with Crippen molar-refractivity contribution in [2.45, 2.75) is 19.9 Å². The fraction of sp³-hybridized carbons (Fsp3) is 0.174. The lowest BCUT2D eigenvalue weighted by atomic mass is 9.98. The van der Waals surface area contributed by atoms with Crippen LogP contribution in [0.3, 0.4) is 0 Å². The maximum Gasteiger partial charge on any atom is 0.238 e. The molecule has 3 aromatic carbocycles. The van der Waals surface area contributed by atoms with Crippen LogP contribution in [0, 0.1) is 13.8 Å². The van der Waals surface area contributed by atoms with Crippen molar-refractivity contribution >= 4 is 11.6 Å². The quantitative estimate of drug-likeness (QED) is 0.685. The number of hydrogen-bond donors (Lipinski definition) is 2. The van der Waals surface area contributed by atoms with Crippen LogP contribution in [0.25, 0.3) is 0 Å². The number of hydrogen-bond acceptors (Lipinski definition) is 2. The number of amides is 1. The van der Waals surface area contributed by atoms with Crippen molar-refractivity contribution in [3.8, 4) is 0 Å². The highest BCUT2D eigenvalue weighted by atomic mass is 16.1. The zero-order chi connectivity index (χ0) is 18.4. The Balaban J connectivity index is 1.72. The standard InChI is InChI=1S/C23H24N2O/c1-17-11-13-20(14-12-17)23(19-8-4-3-5-9-19)24-16-22(26)25-21-10-6-7-18(2)15-21/h3-15,23-24H,16H2,1-2H3,(H,25,26)/t23-/m0/s1. The van der Waals surface area contributed by atoms with Crippen molar-refractivity contribution in [2.75, 3.05) is 11.9 Å². The van der Waals surface area contributed by atoms with Crippen molar-refractivity contribution in [1.29, 1.82) is 0 Å². The first-order valence-electron chi connectivity index (χ1n) is 8.83. The van der Waals surface area contributed by atoms with Crippen LogP contribution in [0.15, 0.2) is 78.9 Å². The summed E-state index contributed by atoms with van der Waals surface area (Å²) in [5, 5.41) is 6.34. The van der Waals surface area contributed by atoms with Gasteiger partial charge in [0, 0.05) is 5.69 Å². The van der Waals surface area contributed by atoms with Gasteiger partial charge in [0.05, 0.1) is 12.6 Å². The number of rotatable bonds is 6. The van der Waals surface area contributed by atoms with Crippen molar-refractivity contribution in [2.24, 2.45) is 0 Å². The van der Waals surface area contributed by atoms with Crippen LogP contribution >= 0.6 is 0 Å². The van der Waals surface area contributed by atoms with Crippen molar-refractivity contribution in [3.05, 3.63) is 101 Å². The van der Waals surface area contributed by atoms with E-state index < -0.39 is 0 Å². The lowest BCUT2D eigenvalue weighted by Gasteiger charge is -2.20. The van der Waals surface area contributed by atoms with Gasteiger partial charge in [0.1, 0.15) is 0 Å². The maximum absolute atomic E-state index is 12.4. The van der Waals surface area contributed by atoms with Gasteiger partial charge in [-0.05, 0) is 42.7 Å². The van der Waals surface area contributed by atoms with E-state index in [1.807, 2.05) is 49.4 Å². The van der Waals surface area contributed by atoms with Gasteiger partial charge >= 0.3 is 0 Å². The Bertz CT molecular complexity index is 857. The Morgan fingerprint density at radius 2 is 1.50 bits per heavy atom. The van der Waals surface area contributed by atoms with Gasteiger partial charge in [0.15, 0.2) is 0 Å². The first kappa shape index (κ1) is 17.9. The van der Waals surface area contributed by atoms with Gasteiger partial charge in [-0.25, -0.2) is 0 Å². The Hall–Kier alpha value is -2.91. The summed E-state index contributed by atoms with van der Waals surface area (Å²) in [5.74, 6) is -0.0522. The molecule has 26 heavy (non-hydrogen) atoms. The van der Waals surface area contributed by atoms with Crippen LogP contribution in [-0.2, 0) is 4.79 Å². The third-order valence-corrected chi connectivity index (χ3v) is 4.31. The summed E-state index contributed by atoms with van der Waals surface area (Å²) in [4.78, 5) is 12.4. The molecule has 0 aliphatic carbocycles. The van der Waals surface area contributed by atoms with Crippen LogP contribution in [0.5, 0.6) is 0 Å². The number of nitrogens with one attached hydrogen (secondary N) is 2. The second-order valence-corrected chi connectivity index (χ2v) is 6.55. The molecule has 0 bridgehead atoms. The van der Waals surface area contributed by atoms with E-state index in [9.17, 15) is 4.79 Å². The van der Waals surface area contributed by atoms with E-state index in [0.29, 0.717) is 0 Å². The molecule has 0 spiro atoms. The van der Waals surface area contributed by atoms with Gasteiger partial charge in [-0.3, -0.25) is 10.1 Å². The van der Waals surface area contributed by atoms with E-state index in [2.05, 4.69) is 54.0 Å². The fourth-order valence-electron chi connectivity index (χ4n) is 2.96. The minimum Gasteiger partial charge on any atom is -0.325 e. The molecule has 3 aromatic rings. The molecule has 0 aliphatic rings. The van der Waals surface area contributed by atoms with Crippen molar-refractivity contribution in [1.82, 2.24) is 5.32 Å². The molecule has 3 nitrogen and oxygen atoms in total. The highest BCUT2D eigenvalue weighted by Crippen LogP contribution is 2.22. The number of anilines is 1. The smallest absolute Gasteiger partial charge is 0.238 e. The van der Waals surface area contributed by atoms with Crippen molar-refractivity contribution in [3.63, 3.8) is 0 Å². The molecule has 1 amide bonds. The summed E-state index contributed by atoms with van der Waals surface area (Å²) in [6.45, 7) is 4.32. The zero-order valence-electron chi connectivity index (χ0n) is 15.2. The maximum atomic E-state index is 12.4. The van der Waals surface area contributed by atoms with Crippen LogP contribution in [0.4, 0.5) is 5.69 Å². The third kappa shape index (κ3) is 4.80. The molecular weight excluding hydrogens is 320 g/mol. The highest BCUT2D eigenvalue weighted by molar-refractivity contribution is 5.92. The average molecular weight is 344 g/mol. The molecule has 0 saturated carbocycles. The number of benzene rings is 3. The topological polar surface area (TPSA) is 41.1 Å². The predicted molar refractivity (Wildman–Crippen MR) is 107 cm³/mol. The second kappa shape index (κ2) is 8.45. The molecule has 132 valence electrons. The molecule has 0 saturated heterocycles. The van der Waals surface area contributed by atoms with E-state index in [1.54, 1.807) is 0 Å². The van der Waals surface area contributed by atoms with E-state index >= 15 is 0 Å². The molecule has 2 N–H and O–H groups in total. The zero-order valence-corrected chi connectivity index (χ0v) is 15.2. The SMILES string of the molecule is Cc1ccc([C@@H](NCC(=O)Nc2cccc(C)c2)c2ccccc2)cc1. The van der Waals surface area contributed by atoms with Gasteiger partial charge in [-0.2, -0.15) is 0 Å². The molecule has 1 atom stereocenters. The number of aryl methyl sites for hydroxylation is 2. The molecule has 0 fully saturated rings. The van der Waals surface area contributed by atoms with Crippen LogP contribution in [-0.4, -0.2) is 12.5 Å².